The van der Waals surface area contributed by atoms with Crippen molar-refractivity contribution in [3.05, 3.63) is 22.3 Å². The van der Waals surface area contributed by atoms with Gasteiger partial charge >= 0.3 is 0 Å². The van der Waals surface area contributed by atoms with Gasteiger partial charge in [0.2, 0.25) is 5.95 Å². The highest BCUT2D eigenvalue weighted by Crippen LogP contribution is 2.13. The van der Waals surface area contributed by atoms with Gasteiger partial charge in [-0.25, -0.2) is 4.98 Å². The van der Waals surface area contributed by atoms with Gasteiger partial charge in [-0.3, -0.25) is 0 Å². The molecule has 0 amide bonds. The quantitative estimate of drug-likeness (QED) is 0.819. The van der Waals surface area contributed by atoms with E-state index in [4.69, 9.17) is 17.3 Å². The summed E-state index contributed by atoms with van der Waals surface area (Å²) in [5, 5.41) is 3.28. The first-order valence-corrected chi connectivity index (χ1v) is 4.62. The summed E-state index contributed by atoms with van der Waals surface area (Å²) >= 11 is 8.86. The van der Waals surface area contributed by atoms with Gasteiger partial charge in [0.1, 0.15) is 11.0 Å². The SMILES string of the molecule is C=C(Br)CNc1cc(Cl)nc(N)n1. The van der Waals surface area contributed by atoms with Crippen LogP contribution >= 0.6 is 27.5 Å². The summed E-state index contributed by atoms with van der Waals surface area (Å²) in [7, 11) is 0. The van der Waals surface area contributed by atoms with E-state index in [0.29, 0.717) is 17.5 Å². The molecule has 0 aliphatic rings. The van der Waals surface area contributed by atoms with E-state index in [2.05, 4.69) is 37.8 Å². The zero-order valence-corrected chi connectivity index (χ0v) is 9.06. The number of aromatic nitrogens is 2. The van der Waals surface area contributed by atoms with Crippen LogP contribution in [0.3, 0.4) is 0 Å². The largest absolute Gasteiger partial charge is 0.368 e. The second-order valence-electron chi connectivity index (χ2n) is 2.30. The molecule has 4 nitrogen and oxygen atoms in total. The molecular weight excluding hydrogens is 255 g/mol. The molecular formula is C7H8BrClN4. The molecule has 0 spiro atoms. The maximum atomic E-state index is 5.66. The van der Waals surface area contributed by atoms with E-state index in [1.54, 1.807) is 6.07 Å². The molecule has 0 saturated carbocycles. The number of halogens is 2. The maximum absolute atomic E-state index is 5.66. The van der Waals surface area contributed by atoms with Crippen LogP contribution in [0.15, 0.2) is 17.1 Å². The summed E-state index contributed by atoms with van der Waals surface area (Å²) in [4.78, 5) is 7.63. The predicted molar refractivity (Wildman–Crippen MR) is 58.0 cm³/mol. The zero-order valence-electron chi connectivity index (χ0n) is 6.72. The number of hydrogen-bond acceptors (Lipinski definition) is 4. The molecule has 1 heterocycles. The average molecular weight is 264 g/mol. The molecule has 0 atom stereocenters. The van der Waals surface area contributed by atoms with Crippen molar-refractivity contribution in [2.24, 2.45) is 0 Å². The van der Waals surface area contributed by atoms with Crippen LogP contribution in [0.2, 0.25) is 5.15 Å². The smallest absolute Gasteiger partial charge is 0.223 e. The molecule has 1 rings (SSSR count). The topological polar surface area (TPSA) is 63.8 Å². The molecule has 3 N–H and O–H groups in total. The van der Waals surface area contributed by atoms with Gasteiger partial charge in [-0.15, -0.1) is 0 Å². The van der Waals surface area contributed by atoms with Crippen molar-refractivity contribution in [1.82, 2.24) is 9.97 Å². The molecule has 0 saturated heterocycles. The fourth-order valence-corrected chi connectivity index (χ4v) is 1.04. The van der Waals surface area contributed by atoms with E-state index in [1.807, 2.05) is 0 Å². The van der Waals surface area contributed by atoms with E-state index < -0.39 is 0 Å². The fraction of sp³-hybridized carbons (Fsp3) is 0.143. The number of nitrogens with one attached hydrogen (secondary N) is 1. The number of hydrogen-bond donors (Lipinski definition) is 2. The van der Waals surface area contributed by atoms with Gasteiger partial charge < -0.3 is 11.1 Å². The van der Waals surface area contributed by atoms with Crippen LogP contribution < -0.4 is 11.1 Å². The van der Waals surface area contributed by atoms with Crippen molar-refractivity contribution in [2.75, 3.05) is 17.6 Å². The number of nitrogens with zero attached hydrogens (tertiary/aromatic N) is 2. The summed E-state index contributed by atoms with van der Waals surface area (Å²) < 4.78 is 0.820. The van der Waals surface area contributed by atoms with Gasteiger partial charge in [0, 0.05) is 17.1 Å². The fourth-order valence-electron chi connectivity index (χ4n) is 0.712. The van der Waals surface area contributed by atoms with Crippen molar-refractivity contribution in [1.29, 1.82) is 0 Å². The van der Waals surface area contributed by atoms with Crippen LogP contribution in [0.25, 0.3) is 0 Å². The van der Waals surface area contributed by atoms with Gasteiger partial charge in [-0.05, 0) is 0 Å². The Morgan fingerprint density at radius 1 is 1.69 bits per heavy atom. The number of nitrogens with two attached hydrogens (primary N) is 1. The van der Waals surface area contributed by atoms with E-state index in [0.717, 1.165) is 4.48 Å². The Kier molecular flexibility index (Phi) is 3.50. The Balaban J connectivity index is 2.71. The van der Waals surface area contributed by atoms with Gasteiger partial charge in [0.05, 0.1) is 0 Å². The van der Waals surface area contributed by atoms with E-state index in [-0.39, 0.29) is 5.95 Å². The average Bonchev–Trinajstić information content (AvgIpc) is 1.99. The van der Waals surface area contributed by atoms with E-state index in [9.17, 15) is 0 Å². The number of anilines is 2. The van der Waals surface area contributed by atoms with Crippen LogP contribution in [0.4, 0.5) is 11.8 Å². The minimum Gasteiger partial charge on any atom is -0.368 e. The summed E-state index contributed by atoms with van der Waals surface area (Å²) in [6.07, 6.45) is 0. The summed E-state index contributed by atoms with van der Waals surface area (Å²) in [5.41, 5.74) is 5.38. The maximum Gasteiger partial charge on any atom is 0.223 e. The minimum atomic E-state index is 0.148. The third-order valence-electron chi connectivity index (χ3n) is 1.17. The van der Waals surface area contributed by atoms with Crippen molar-refractivity contribution < 1.29 is 0 Å². The van der Waals surface area contributed by atoms with Gasteiger partial charge in [0.15, 0.2) is 0 Å². The third-order valence-corrected chi connectivity index (χ3v) is 1.65. The highest BCUT2D eigenvalue weighted by molar-refractivity contribution is 9.11. The van der Waals surface area contributed by atoms with Crippen molar-refractivity contribution in [3.63, 3.8) is 0 Å². The zero-order chi connectivity index (χ0) is 9.84. The van der Waals surface area contributed by atoms with Crippen LogP contribution in [0.1, 0.15) is 0 Å². The van der Waals surface area contributed by atoms with Gasteiger partial charge in [-0.2, -0.15) is 4.98 Å². The lowest BCUT2D eigenvalue weighted by Gasteiger charge is -2.04. The van der Waals surface area contributed by atoms with Crippen molar-refractivity contribution >= 4 is 39.3 Å². The normalized spacial score (nSPS) is 9.69. The summed E-state index contributed by atoms with van der Waals surface area (Å²) in [6.45, 7) is 4.22. The summed E-state index contributed by atoms with van der Waals surface area (Å²) in [5.74, 6) is 0.730. The Hall–Kier alpha value is -0.810. The van der Waals surface area contributed by atoms with Gasteiger partial charge in [0.25, 0.3) is 0 Å². The lowest BCUT2D eigenvalue weighted by Crippen LogP contribution is -2.05. The molecule has 0 unspecified atom stereocenters. The molecule has 0 aromatic carbocycles. The molecule has 0 radical (unpaired) electrons. The van der Waals surface area contributed by atoms with Crippen LogP contribution in [-0.2, 0) is 0 Å². The van der Waals surface area contributed by atoms with Gasteiger partial charge in [-0.1, -0.05) is 34.1 Å². The standard InChI is InChI=1S/C7H8BrClN4/c1-4(8)3-11-6-2-5(9)12-7(10)13-6/h2H,1,3H2,(H3,10,11,12,13). The molecule has 0 aliphatic heterocycles. The lowest BCUT2D eigenvalue weighted by molar-refractivity contribution is 1.15. The Bertz CT molecular complexity index is 308. The molecule has 1 aromatic heterocycles. The summed E-state index contributed by atoms with van der Waals surface area (Å²) in [6, 6.07) is 1.59. The molecule has 13 heavy (non-hydrogen) atoms. The highest BCUT2D eigenvalue weighted by Gasteiger charge is 1.99. The third kappa shape index (κ3) is 3.61. The van der Waals surface area contributed by atoms with Crippen LogP contribution in [0, 0.1) is 0 Å². The second kappa shape index (κ2) is 4.43. The molecule has 1 aromatic rings. The lowest BCUT2D eigenvalue weighted by atomic mass is 10.5. The first kappa shape index (κ1) is 10.3. The Labute approximate surface area is 89.3 Å². The monoisotopic (exact) mass is 262 g/mol. The molecule has 0 aliphatic carbocycles. The molecule has 0 fully saturated rings. The Morgan fingerprint density at radius 3 is 2.92 bits per heavy atom. The van der Waals surface area contributed by atoms with E-state index >= 15 is 0 Å². The second-order valence-corrected chi connectivity index (χ2v) is 3.81. The number of rotatable bonds is 3. The predicted octanol–water partition coefficient (Wildman–Crippen LogP) is 2.03. The Morgan fingerprint density at radius 2 is 2.38 bits per heavy atom. The molecule has 70 valence electrons. The van der Waals surface area contributed by atoms with Crippen molar-refractivity contribution in [3.8, 4) is 0 Å². The van der Waals surface area contributed by atoms with Crippen molar-refractivity contribution in [2.45, 2.75) is 0 Å². The highest BCUT2D eigenvalue weighted by atomic mass is 79.9. The van der Waals surface area contributed by atoms with E-state index in [1.165, 1.54) is 0 Å². The molecule has 6 heteroatoms. The number of nitrogen functional groups attached to an aromatic ring is 1. The van der Waals surface area contributed by atoms with Crippen LogP contribution in [0.5, 0.6) is 0 Å². The molecule has 0 bridgehead atoms. The minimum absolute atomic E-state index is 0.148. The first-order chi connectivity index (χ1) is 6.08. The first-order valence-electron chi connectivity index (χ1n) is 3.45. The van der Waals surface area contributed by atoms with Crippen LogP contribution in [-0.4, -0.2) is 16.5 Å².